The second-order valence-corrected chi connectivity index (χ2v) is 16.3. The van der Waals surface area contributed by atoms with Gasteiger partial charge in [0.05, 0.1) is 59.5 Å². The van der Waals surface area contributed by atoms with Gasteiger partial charge in [-0.15, -0.1) is 0 Å². The summed E-state index contributed by atoms with van der Waals surface area (Å²) in [7, 11) is 1.62. The van der Waals surface area contributed by atoms with Crippen molar-refractivity contribution >= 4 is 0 Å². The lowest BCUT2D eigenvalue weighted by molar-refractivity contribution is -0.328. The highest BCUT2D eigenvalue weighted by molar-refractivity contribution is 5.18. The summed E-state index contributed by atoms with van der Waals surface area (Å²) in [5.41, 5.74) is 6.19. The Kier molecular flexibility index (Phi) is 17.9. The van der Waals surface area contributed by atoms with Gasteiger partial charge >= 0.3 is 0 Å². The van der Waals surface area contributed by atoms with Crippen LogP contribution in [-0.2, 0) is 87.0 Å². The topological polar surface area (TPSA) is 92.3 Å². The summed E-state index contributed by atoms with van der Waals surface area (Å²) in [6, 6.07) is 60.6. The molecule has 0 radical (unpaired) electrons. The normalized spacial score (nSPS) is 24.4. The molecule has 6 aromatic carbocycles. The SMILES string of the molecule is CO[C@H]1O[C@H](COC2CO[C@@H](COCc3ccccc3)[C@H](OCc3ccccc3)[C@H]2OCc2ccccc2)[C@@H](OCc2ccccc2)[C@H](OCc2ccccc2)[C@H]1OCc1ccccc1. The van der Waals surface area contributed by atoms with Crippen LogP contribution < -0.4 is 0 Å². The standard InChI is InChI=1S/C55H60O10/c1-56-55-54(64-37-46-30-18-7-19-31-46)53(63-36-45-28-16-6-17-29-45)52(62-35-44-26-14-5-15-27-44)49(65-55)40-59-48-39-58-47(38-57-32-41-20-8-2-9-21-41)50(60-33-42-22-10-3-11-23-42)51(48)61-34-43-24-12-4-13-25-43/h2-31,47-55H,32-40H2,1H3/t47-,48?,49+,50-,51-,52+,53-,54+,55-/m0/s1. The zero-order valence-corrected chi connectivity index (χ0v) is 37.0. The molecule has 0 spiro atoms. The van der Waals surface area contributed by atoms with Crippen molar-refractivity contribution in [2.45, 2.75) is 94.8 Å². The summed E-state index contributed by atoms with van der Waals surface area (Å²) >= 11 is 0. The van der Waals surface area contributed by atoms with Gasteiger partial charge in [-0.25, -0.2) is 0 Å². The molecule has 2 aliphatic rings. The van der Waals surface area contributed by atoms with Crippen LogP contribution in [0.1, 0.15) is 33.4 Å². The Morgan fingerprint density at radius 3 is 1.14 bits per heavy atom. The van der Waals surface area contributed by atoms with Gasteiger partial charge in [0.2, 0.25) is 0 Å². The zero-order chi connectivity index (χ0) is 44.3. The van der Waals surface area contributed by atoms with Crippen LogP contribution >= 0.6 is 0 Å². The molecule has 1 unspecified atom stereocenters. The van der Waals surface area contributed by atoms with E-state index >= 15 is 0 Å². The van der Waals surface area contributed by atoms with Gasteiger partial charge in [0.15, 0.2) is 6.29 Å². The van der Waals surface area contributed by atoms with E-state index < -0.39 is 55.1 Å². The summed E-state index contributed by atoms with van der Waals surface area (Å²) < 4.78 is 66.8. The molecule has 0 bridgehead atoms. The Balaban J connectivity index is 1.06. The maximum absolute atomic E-state index is 6.95. The molecule has 10 heteroatoms. The molecular formula is C55H60O10. The number of ether oxygens (including phenoxy) is 10. The summed E-state index contributed by atoms with van der Waals surface area (Å²) in [5, 5.41) is 0. The van der Waals surface area contributed by atoms with E-state index in [1.165, 1.54) is 0 Å². The van der Waals surface area contributed by atoms with Crippen molar-refractivity contribution in [3.05, 3.63) is 215 Å². The van der Waals surface area contributed by atoms with Crippen molar-refractivity contribution < 1.29 is 47.4 Å². The number of hydrogen-bond donors (Lipinski definition) is 0. The Labute approximate surface area is 383 Å². The predicted molar refractivity (Wildman–Crippen MR) is 246 cm³/mol. The summed E-state index contributed by atoms with van der Waals surface area (Å²) in [4.78, 5) is 0. The van der Waals surface area contributed by atoms with Gasteiger partial charge in [0.1, 0.15) is 48.8 Å². The lowest BCUT2D eigenvalue weighted by Crippen LogP contribution is -2.62. The van der Waals surface area contributed by atoms with E-state index in [-0.39, 0.29) is 13.2 Å². The third-order valence-electron chi connectivity index (χ3n) is 11.6. The summed E-state index contributed by atoms with van der Waals surface area (Å²) in [5.74, 6) is 0. The van der Waals surface area contributed by atoms with E-state index in [4.69, 9.17) is 47.4 Å². The molecule has 65 heavy (non-hydrogen) atoms. The highest BCUT2D eigenvalue weighted by atomic mass is 16.7. The molecule has 0 N–H and O–H groups in total. The molecule has 6 aromatic rings. The molecule has 340 valence electrons. The third-order valence-corrected chi connectivity index (χ3v) is 11.6. The molecule has 0 amide bonds. The molecule has 2 fully saturated rings. The van der Waals surface area contributed by atoms with Crippen LogP contribution in [0, 0.1) is 0 Å². The minimum atomic E-state index is -0.800. The molecule has 2 saturated heterocycles. The van der Waals surface area contributed by atoms with Gasteiger partial charge in [0, 0.05) is 7.11 Å². The molecule has 0 aromatic heterocycles. The van der Waals surface area contributed by atoms with E-state index in [0.29, 0.717) is 46.2 Å². The van der Waals surface area contributed by atoms with Crippen molar-refractivity contribution in [2.24, 2.45) is 0 Å². The fourth-order valence-electron chi connectivity index (χ4n) is 8.21. The van der Waals surface area contributed by atoms with E-state index in [1.807, 2.05) is 170 Å². The second kappa shape index (κ2) is 25.0. The maximum Gasteiger partial charge on any atom is 0.186 e. The summed E-state index contributed by atoms with van der Waals surface area (Å²) in [6.07, 6.45) is -5.43. The molecule has 0 aliphatic carbocycles. The molecule has 10 nitrogen and oxygen atoms in total. The number of benzene rings is 6. The van der Waals surface area contributed by atoms with Gasteiger partial charge in [-0.3, -0.25) is 0 Å². The van der Waals surface area contributed by atoms with Crippen LogP contribution in [0.3, 0.4) is 0 Å². The van der Waals surface area contributed by atoms with Crippen molar-refractivity contribution in [2.75, 3.05) is 26.9 Å². The second-order valence-electron chi connectivity index (χ2n) is 16.3. The van der Waals surface area contributed by atoms with Crippen LogP contribution in [0.4, 0.5) is 0 Å². The fraction of sp³-hybridized carbons (Fsp3) is 0.345. The lowest BCUT2D eigenvalue weighted by Gasteiger charge is -2.46. The number of methoxy groups -OCH3 is 1. The monoisotopic (exact) mass is 880 g/mol. The van der Waals surface area contributed by atoms with Crippen molar-refractivity contribution in [1.29, 1.82) is 0 Å². The van der Waals surface area contributed by atoms with Crippen molar-refractivity contribution in [3.63, 3.8) is 0 Å². The Morgan fingerprint density at radius 2 is 0.723 bits per heavy atom. The van der Waals surface area contributed by atoms with Gasteiger partial charge in [-0.1, -0.05) is 182 Å². The average Bonchev–Trinajstić information content (AvgIpc) is 3.37. The summed E-state index contributed by atoms with van der Waals surface area (Å²) in [6.45, 7) is 2.74. The fourth-order valence-corrected chi connectivity index (χ4v) is 8.21. The van der Waals surface area contributed by atoms with Crippen LogP contribution in [-0.4, -0.2) is 82.1 Å². The first kappa shape index (κ1) is 46.4. The molecule has 2 heterocycles. The number of rotatable bonds is 23. The smallest absolute Gasteiger partial charge is 0.186 e. The molecule has 2 aliphatic heterocycles. The minimum Gasteiger partial charge on any atom is -0.374 e. The van der Waals surface area contributed by atoms with Gasteiger partial charge in [-0.2, -0.15) is 0 Å². The zero-order valence-electron chi connectivity index (χ0n) is 37.0. The molecular weight excluding hydrogens is 821 g/mol. The third kappa shape index (κ3) is 13.7. The van der Waals surface area contributed by atoms with E-state index in [9.17, 15) is 0 Å². The Bertz CT molecular complexity index is 2190. The largest absolute Gasteiger partial charge is 0.374 e. The Morgan fingerprint density at radius 1 is 0.369 bits per heavy atom. The molecule has 9 atom stereocenters. The van der Waals surface area contributed by atoms with E-state index in [1.54, 1.807) is 7.11 Å². The van der Waals surface area contributed by atoms with Gasteiger partial charge in [0.25, 0.3) is 0 Å². The first-order valence-corrected chi connectivity index (χ1v) is 22.5. The van der Waals surface area contributed by atoms with Gasteiger partial charge < -0.3 is 47.4 Å². The Hall–Kier alpha value is -5.08. The molecule has 8 rings (SSSR count). The van der Waals surface area contributed by atoms with Crippen LogP contribution in [0.25, 0.3) is 0 Å². The maximum atomic E-state index is 6.95. The van der Waals surface area contributed by atoms with E-state index in [0.717, 1.165) is 33.4 Å². The minimum absolute atomic E-state index is 0.107. The highest BCUT2D eigenvalue weighted by Crippen LogP contribution is 2.33. The number of hydrogen-bond acceptors (Lipinski definition) is 10. The average molecular weight is 881 g/mol. The highest BCUT2D eigenvalue weighted by Gasteiger charge is 2.50. The first-order valence-electron chi connectivity index (χ1n) is 22.5. The first-order chi connectivity index (χ1) is 32.2. The van der Waals surface area contributed by atoms with Crippen molar-refractivity contribution in [1.82, 2.24) is 0 Å². The van der Waals surface area contributed by atoms with E-state index in [2.05, 4.69) is 12.1 Å². The van der Waals surface area contributed by atoms with Gasteiger partial charge in [-0.05, 0) is 33.4 Å². The van der Waals surface area contributed by atoms with Crippen LogP contribution in [0.5, 0.6) is 0 Å². The molecule has 0 saturated carbocycles. The van der Waals surface area contributed by atoms with Crippen LogP contribution in [0.2, 0.25) is 0 Å². The lowest BCUT2D eigenvalue weighted by atomic mass is 9.97. The van der Waals surface area contributed by atoms with Crippen molar-refractivity contribution in [3.8, 4) is 0 Å². The quantitative estimate of drug-likeness (QED) is 0.0621. The predicted octanol–water partition coefficient (Wildman–Crippen LogP) is 9.29. The van der Waals surface area contributed by atoms with Crippen LogP contribution in [0.15, 0.2) is 182 Å².